The highest BCUT2D eigenvalue weighted by Gasteiger charge is 2.51. The number of rotatable bonds is 58. The van der Waals surface area contributed by atoms with E-state index in [1.807, 2.05) is 0 Å². The van der Waals surface area contributed by atoms with E-state index in [1.165, 1.54) is 161 Å². The number of hydrogen-bond donors (Lipinski definition) is 5. The molecule has 1 aliphatic rings. The summed E-state index contributed by atoms with van der Waals surface area (Å²) in [6.07, 6.45) is 36.2. The molecular formula is C68H133N2O14P. The van der Waals surface area contributed by atoms with Crippen LogP contribution >= 0.6 is 7.82 Å². The Morgan fingerprint density at radius 3 is 1.08 bits per heavy atom. The zero-order valence-corrected chi connectivity index (χ0v) is 56.6. The van der Waals surface area contributed by atoms with E-state index in [9.17, 15) is 43.7 Å². The summed E-state index contributed by atoms with van der Waals surface area (Å²) in [5.74, 6) is -2.44. The summed E-state index contributed by atoms with van der Waals surface area (Å²) >= 11 is 0. The number of nitrogens with zero attached hydrogens (tertiary/aromatic N) is 1. The molecule has 5 N–H and O–H groups in total. The maximum Gasteiger partial charge on any atom is 0.470 e. The fraction of sp³-hybridized carbons (Fsp3) is 0.941. The molecule has 0 saturated carbocycles. The number of nitrogens with one attached hydrogen (secondary N) is 1. The highest BCUT2D eigenvalue weighted by molar-refractivity contribution is 7.46. The first-order chi connectivity index (χ1) is 41.1. The molecule has 0 aliphatic carbocycles. The minimum Gasteiger partial charge on any atom is -0.462 e. The lowest BCUT2D eigenvalue weighted by molar-refractivity contribution is -0.256. The second-order valence-corrected chi connectivity index (χ2v) is 25.6. The van der Waals surface area contributed by atoms with Crippen molar-refractivity contribution in [2.45, 2.75) is 387 Å². The van der Waals surface area contributed by atoms with Crippen LogP contribution in [0.1, 0.15) is 344 Å². The molecular weight excluding hydrogens is 1100 g/mol. The lowest BCUT2D eigenvalue weighted by Gasteiger charge is -2.43. The van der Waals surface area contributed by atoms with Crippen LogP contribution in [0, 0.1) is 0 Å². The van der Waals surface area contributed by atoms with Crippen molar-refractivity contribution in [3.63, 3.8) is 0 Å². The molecule has 1 heterocycles. The molecule has 0 aromatic heterocycles. The van der Waals surface area contributed by atoms with Gasteiger partial charge in [0, 0.05) is 12.8 Å². The average molecular weight is 1230 g/mol. The van der Waals surface area contributed by atoms with Crippen molar-refractivity contribution in [3.8, 4) is 0 Å². The van der Waals surface area contributed by atoms with Crippen molar-refractivity contribution < 1.29 is 67.2 Å². The Labute approximate surface area is 519 Å². The molecule has 16 nitrogen and oxygen atoms in total. The highest BCUT2D eigenvalue weighted by atomic mass is 31.2. The molecule has 1 rings (SSSR count). The molecule has 0 bridgehead atoms. The SMILES string of the molecule is CCCCCCCCCCCCCC(=O)O[C@H](CCCCCCCCCCC)CC(=O)N[C@H]1[C@@H](OC(=O)C[C@@H](CCCCCCCCCCC)OC(=O)CCCCCCCCCCCCC)[C@H](OP(=O)(O)O)[C@@H](CO)O[C@@H]1O.CCN(CC)CC. The van der Waals surface area contributed by atoms with Crippen molar-refractivity contribution >= 4 is 31.6 Å². The van der Waals surface area contributed by atoms with Crippen molar-refractivity contribution in [2.75, 3.05) is 26.2 Å². The van der Waals surface area contributed by atoms with Crippen LogP contribution in [0.4, 0.5) is 0 Å². The van der Waals surface area contributed by atoms with E-state index in [0.717, 1.165) is 89.9 Å². The topological polar surface area (TPSA) is 228 Å². The zero-order valence-electron chi connectivity index (χ0n) is 55.7. The molecule has 0 aromatic carbocycles. The van der Waals surface area contributed by atoms with Gasteiger partial charge in [0.1, 0.15) is 30.5 Å². The van der Waals surface area contributed by atoms with Gasteiger partial charge in [-0.2, -0.15) is 0 Å². The van der Waals surface area contributed by atoms with Gasteiger partial charge in [-0.15, -0.1) is 0 Å². The number of ether oxygens (including phenoxy) is 4. The average Bonchev–Trinajstić information content (AvgIpc) is 2.56. The second-order valence-electron chi connectivity index (χ2n) is 24.4. The Hall–Kier alpha value is -2.17. The minimum atomic E-state index is -5.35. The van der Waals surface area contributed by atoms with Crippen LogP contribution in [-0.2, 0) is 47.2 Å². The maximum absolute atomic E-state index is 14.0. The summed E-state index contributed by atoms with van der Waals surface area (Å²) in [5, 5.41) is 24.2. The Bertz CT molecular complexity index is 1600. The maximum atomic E-state index is 14.0. The van der Waals surface area contributed by atoms with E-state index in [0.29, 0.717) is 38.5 Å². The number of carbonyl (C=O) groups excluding carboxylic acids is 4. The summed E-state index contributed by atoms with van der Waals surface area (Å²) in [6.45, 7) is 18.1. The summed E-state index contributed by atoms with van der Waals surface area (Å²) in [5.41, 5.74) is 0. The van der Waals surface area contributed by atoms with Gasteiger partial charge in [-0.1, -0.05) is 280 Å². The molecule has 0 spiro atoms. The first-order valence-electron chi connectivity index (χ1n) is 35.4. The summed E-state index contributed by atoms with van der Waals surface area (Å²) < 4.78 is 40.8. The van der Waals surface area contributed by atoms with Crippen molar-refractivity contribution in [1.29, 1.82) is 0 Å². The van der Waals surface area contributed by atoms with Gasteiger partial charge in [0.25, 0.3) is 0 Å². The lowest BCUT2D eigenvalue weighted by Crippen LogP contribution is -2.65. The number of phosphoric acid groups is 1. The number of hydrogen-bond acceptors (Lipinski definition) is 13. The Kier molecular flexibility index (Phi) is 56.7. The molecule has 1 fully saturated rings. The molecule has 0 aromatic rings. The number of amides is 1. The fourth-order valence-electron chi connectivity index (χ4n) is 11.3. The molecule has 0 unspecified atom stereocenters. The van der Waals surface area contributed by atoms with Gasteiger partial charge in [0.2, 0.25) is 5.91 Å². The quantitative estimate of drug-likeness (QED) is 0.0165. The number of esters is 3. The zero-order chi connectivity index (χ0) is 63.0. The van der Waals surface area contributed by atoms with Crippen LogP contribution < -0.4 is 5.32 Å². The molecule has 1 aliphatic heterocycles. The summed E-state index contributed by atoms with van der Waals surface area (Å²) in [7, 11) is -5.35. The van der Waals surface area contributed by atoms with Crippen LogP contribution in [0.2, 0.25) is 0 Å². The van der Waals surface area contributed by atoms with Gasteiger partial charge in [-0.3, -0.25) is 23.7 Å². The Balaban J connectivity index is 0.00000942. The first-order valence-corrected chi connectivity index (χ1v) is 36.9. The number of phosphoric ester groups is 1. The fourth-order valence-corrected chi connectivity index (χ4v) is 11.9. The number of aliphatic hydroxyl groups excluding tert-OH is 2. The van der Waals surface area contributed by atoms with Crippen LogP contribution in [0.25, 0.3) is 0 Å². The highest BCUT2D eigenvalue weighted by Crippen LogP contribution is 2.42. The summed E-state index contributed by atoms with van der Waals surface area (Å²) in [6, 6.07) is -1.62. The van der Waals surface area contributed by atoms with Gasteiger partial charge < -0.3 is 49.2 Å². The number of carbonyl (C=O) groups is 4. The predicted molar refractivity (Wildman–Crippen MR) is 345 cm³/mol. The number of aliphatic hydroxyl groups is 2. The standard InChI is InChI=1S/C62H118NO14P.C6H15N/c1-5-9-13-17-21-25-27-31-35-39-43-47-56(66)73-52(45-41-37-33-29-23-19-15-11-7-3)49-55(65)63-59-61(60(77-78(70,71)72)54(51-64)75-62(59)69)76-58(68)50-53(46-42-38-34-30-24-20-16-12-8-4)74-57(67)48-44-40-36-32-28-26-22-18-14-10-6-2;1-4-7(5-2)6-3/h52-54,59-62,64,69H,5-51H2,1-4H3,(H,63,65)(H2,70,71,72);4-6H2,1-3H3/t52-,53-,54-,59+,60-,61-,62+;/m1./s1. The van der Waals surface area contributed by atoms with Gasteiger partial charge in [-0.25, -0.2) is 4.57 Å². The molecule has 0 radical (unpaired) electrons. The third kappa shape index (κ3) is 49.3. The van der Waals surface area contributed by atoms with Crippen molar-refractivity contribution in [2.24, 2.45) is 0 Å². The predicted octanol–water partition coefficient (Wildman–Crippen LogP) is 16.8. The van der Waals surface area contributed by atoms with Crippen LogP contribution in [0.3, 0.4) is 0 Å². The van der Waals surface area contributed by atoms with E-state index in [-0.39, 0.29) is 19.3 Å². The van der Waals surface area contributed by atoms with Crippen molar-refractivity contribution in [3.05, 3.63) is 0 Å². The Morgan fingerprint density at radius 1 is 0.459 bits per heavy atom. The van der Waals surface area contributed by atoms with Crippen LogP contribution in [-0.4, -0.2) is 118 Å². The second kappa shape index (κ2) is 58.2. The number of unbranched alkanes of at least 4 members (excludes halogenated alkanes) is 36. The van der Waals surface area contributed by atoms with E-state index >= 15 is 0 Å². The smallest absolute Gasteiger partial charge is 0.462 e. The summed E-state index contributed by atoms with van der Waals surface area (Å²) in [4.78, 5) is 76.9. The third-order valence-corrected chi connectivity index (χ3v) is 17.2. The van der Waals surface area contributed by atoms with E-state index in [1.54, 1.807) is 0 Å². The Morgan fingerprint density at radius 2 is 0.776 bits per heavy atom. The molecule has 504 valence electrons. The van der Waals surface area contributed by atoms with Crippen LogP contribution in [0.15, 0.2) is 0 Å². The van der Waals surface area contributed by atoms with Gasteiger partial charge in [0.15, 0.2) is 12.4 Å². The van der Waals surface area contributed by atoms with Gasteiger partial charge >= 0.3 is 25.7 Å². The first kappa shape index (κ1) is 82.8. The molecule has 85 heavy (non-hydrogen) atoms. The van der Waals surface area contributed by atoms with E-state index < -0.39 is 87.5 Å². The largest absolute Gasteiger partial charge is 0.470 e. The molecule has 1 saturated heterocycles. The lowest BCUT2D eigenvalue weighted by atomic mass is 9.96. The van der Waals surface area contributed by atoms with E-state index in [4.69, 9.17) is 23.5 Å². The molecule has 17 heteroatoms. The van der Waals surface area contributed by atoms with E-state index in [2.05, 4.69) is 58.7 Å². The molecule has 1 amide bonds. The third-order valence-electron chi connectivity index (χ3n) is 16.7. The minimum absolute atomic E-state index is 0.200. The normalized spacial score (nSPS) is 17.7. The van der Waals surface area contributed by atoms with Gasteiger partial charge in [0.05, 0.1) is 19.4 Å². The monoisotopic (exact) mass is 1230 g/mol. The van der Waals surface area contributed by atoms with Crippen LogP contribution in [0.5, 0.6) is 0 Å². The van der Waals surface area contributed by atoms with Crippen molar-refractivity contribution in [1.82, 2.24) is 10.2 Å². The molecule has 7 atom stereocenters. The van der Waals surface area contributed by atoms with Gasteiger partial charge in [-0.05, 0) is 58.2 Å².